The molecule has 0 radical (unpaired) electrons. The van der Waals surface area contributed by atoms with Crippen molar-refractivity contribution in [2.75, 3.05) is 0 Å². The summed E-state index contributed by atoms with van der Waals surface area (Å²) in [4.78, 5) is 4.03. The van der Waals surface area contributed by atoms with Gasteiger partial charge in [0.15, 0.2) is 0 Å². The molecule has 0 aromatic heterocycles. The third-order valence-corrected chi connectivity index (χ3v) is 2.09. The van der Waals surface area contributed by atoms with Crippen LogP contribution in [0.1, 0.15) is 0 Å². The van der Waals surface area contributed by atoms with Crippen LogP contribution in [0.3, 0.4) is 0 Å². The molecule has 0 aliphatic carbocycles. The van der Waals surface area contributed by atoms with Crippen molar-refractivity contribution in [2.24, 2.45) is 5.90 Å². The van der Waals surface area contributed by atoms with Crippen molar-refractivity contribution in [1.29, 1.82) is 0 Å². The molecule has 0 heterocycles. The Hall–Kier alpha value is -1.11. The second-order valence-electron chi connectivity index (χ2n) is 2.07. The van der Waals surface area contributed by atoms with Gasteiger partial charge in [0, 0.05) is 6.07 Å². The Morgan fingerprint density at radius 1 is 1.42 bits per heavy atom. The summed E-state index contributed by atoms with van der Waals surface area (Å²) in [5, 5.41) is 0. The SMILES string of the molecule is NOc1cccc(S(=O)(=O)O)c1. The lowest BCUT2D eigenvalue weighted by molar-refractivity contribution is 0.333. The Morgan fingerprint density at radius 2 is 2.08 bits per heavy atom. The third-order valence-electron chi connectivity index (χ3n) is 1.24. The summed E-state index contributed by atoms with van der Waals surface area (Å²) in [6.07, 6.45) is 0. The fraction of sp³-hybridized carbons (Fsp3) is 0. The first-order valence-corrected chi connectivity index (χ1v) is 4.42. The first-order valence-electron chi connectivity index (χ1n) is 2.98. The lowest BCUT2D eigenvalue weighted by Gasteiger charge is -1.99. The Morgan fingerprint density at radius 3 is 2.58 bits per heavy atom. The van der Waals surface area contributed by atoms with Gasteiger partial charge in [-0.15, -0.1) is 0 Å². The highest BCUT2D eigenvalue weighted by Gasteiger charge is 2.09. The topological polar surface area (TPSA) is 89.6 Å². The molecule has 0 atom stereocenters. The first kappa shape index (κ1) is 8.98. The van der Waals surface area contributed by atoms with Crippen molar-refractivity contribution in [2.45, 2.75) is 4.90 Å². The van der Waals surface area contributed by atoms with Crippen LogP contribution >= 0.6 is 0 Å². The fourth-order valence-corrected chi connectivity index (χ4v) is 1.22. The maximum atomic E-state index is 10.6. The number of hydrogen-bond acceptors (Lipinski definition) is 4. The van der Waals surface area contributed by atoms with Crippen molar-refractivity contribution in [1.82, 2.24) is 0 Å². The molecule has 12 heavy (non-hydrogen) atoms. The summed E-state index contributed by atoms with van der Waals surface area (Å²) in [5.74, 6) is 4.96. The van der Waals surface area contributed by atoms with Gasteiger partial charge in [-0.05, 0) is 12.1 Å². The molecule has 1 rings (SSSR count). The molecular weight excluding hydrogens is 182 g/mol. The van der Waals surface area contributed by atoms with Gasteiger partial charge in [0.2, 0.25) is 0 Å². The quantitative estimate of drug-likeness (QED) is 0.512. The van der Waals surface area contributed by atoms with Crippen LogP contribution in [-0.2, 0) is 10.1 Å². The van der Waals surface area contributed by atoms with E-state index in [-0.39, 0.29) is 10.6 Å². The van der Waals surface area contributed by atoms with E-state index >= 15 is 0 Å². The fourth-order valence-electron chi connectivity index (χ4n) is 0.708. The lowest BCUT2D eigenvalue weighted by atomic mass is 10.3. The van der Waals surface area contributed by atoms with Gasteiger partial charge in [-0.3, -0.25) is 4.55 Å². The smallest absolute Gasteiger partial charge is 0.294 e. The van der Waals surface area contributed by atoms with Crippen LogP contribution in [0, 0.1) is 0 Å². The normalized spacial score (nSPS) is 11.2. The van der Waals surface area contributed by atoms with Crippen molar-refractivity contribution >= 4 is 10.1 Å². The van der Waals surface area contributed by atoms with Gasteiger partial charge >= 0.3 is 0 Å². The number of nitrogens with two attached hydrogens (primary N) is 1. The lowest BCUT2D eigenvalue weighted by Crippen LogP contribution is -2.03. The minimum Gasteiger partial charge on any atom is -0.411 e. The third kappa shape index (κ3) is 1.94. The van der Waals surface area contributed by atoms with Gasteiger partial charge in [-0.1, -0.05) is 6.07 Å². The molecule has 0 saturated carbocycles. The Bertz CT molecular complexity index is 373. The average Bonchev–Trinajstić information content (AvgIpc) is 2.03. The molecule has 0 aliphatic heterocycles. The van der Waals surface area contributed by atoms with Gasteiger partial charge in [-0.2, -0.15) is 14.3 Å². The molecule has 3 N–H and O–H groups in total. The van der Waals surface area contributed by atoms with Crippen molar-refractivity contribution < 1.29 is 17.8 Å². The minimum atomic E-state index is -4.17. The van der Waals surface area contributed by atoms with Gasteiger partial charge in [0.05, 0.1) is 4.90 Å². The predicted molar refractivity (Wildman–Crippen MR) is 41.1 cm³/mol. The second kappa shape index (κ2) is 3.10. The Kier molecular flexibility index (Phi) is 2.32. The van der Waals surface area contributed by atoms with E-state index in [4.69, 9.17) is 10.4 Å². The summed E-state index contributed by atoms with van der Waals surface area (Å²) in [5.41, 5.74) is 0. The zero-order valence-corrected chi connectivity index (χ0v) is 6.78. The molecule has 0 aliphatic rings. The maximum Gasteiger partial charge on any atom is 0.294 e. The van der Waals surface area contributed by atoms with Crippen LogP contribution in [0.15, 0.2) is 29.2 Å². The minimum absolute atomic E-state index is 0.171. The Balaban J connectivity index is 3.20. The molecule has 0 bridgehead atoms. The zero-order chi connectivity index (χ0) is 9.19. The van der Waals surface area contributed by atoms with Crippen molar-refractivity contribution in [3.05, 3.63) is 24.3 Å². The van der Waals surface area contributed by atoms with Gasteiger partial charge in [-0.25, -0.2) is 0 Å². The van der Waals surface area contributed by atoms with Gasteiger partial charge < -0.3 is 4.84 Å². The van der Waals surface area contributed by atoms with Crippen LogP contribution in [0.25, 0.3) is 0 Å². The first-order chi connectivity index (χ1) is 5.54. The standard InChI is InChI=1S/C6H7NO4S/c7-11-5-2-1-3-6(4-5)12(8,9)10/h1-4H,7H2,(H,8,9,10). The summed E-state index contributed by atoms with van der Waals surface area (Å²) in [7, 11) is -4.17. The molecule has 0 unspecified atom stereocenters. The van der Waals surface area contributed by atoms with E-state index in [0.29, 0.717) is 0 Å². The summed E-state index contributed by atoms with van der Waals surface area (Å²) >= 11 is 0. The van der Waals surface area contributed by atoms with Gasteiger partial charge in [0.1, 0.15) is 5.75 Å². The van der Waals surface area contributed by atoms with E-state index in [2.05, 4.69) is 4.84 Å². The largest absolute Gasteiger partial charge is 0.411 e. The van der Waals surface area contributed by atoms with E-state index in [1.807, 2.05) is 0 Å². The van der Waals surface area contributed by atoms with E-state index in [0.717, 1.165) is 6.07 Å². The van der Waals surface area contributed by atoms with E-state index in [1.54, 1.807) is 0 Å². The molecule has 0 saturated heterocycles. The highest BCUT2D eigenvalue weighted by atomic mass is 32.2. The van der Waals surface area contributed by atoms with Crippen LogP contribution in [-0.4, -0.2) is 13.0 Å². The highest BCUT2D eigenvalue weighted by Crippen LogP contribution is 2.15. The number of rotatable bonds is 2. The number of hydrogen-bond donors (Lipinski definition) is 2. The van der Waals surface area contributed by atoms with Crippen molar-refractivity contribution in [3.63, 3.8) is 0 Å². The van der Waals surface area contributed by atoms with Crippen LogP contribution < -0.4 is 10.7 Å². The monoisotopic (exact) mass is 189 g/mol. The summed E-state index contributed by atoms with van der Waals surface area (Å²) in [6.45, 7) is 0. The molecule has 1 aromatic rings. The predicted octanol–water partition coefficient (Wildman–Crippen LogP) is 0.186. The molecular formula is C6H7NO4S. The molecule has 66 valence electrons. The van der Waals surface area contributed by atoms with E-state index in [1.165, 1.54) is 18.2 Å². The molecule has 0 spiro atoms. The molecule has 0 amide bonds. The van der Waals surface area contributed by atoms with Gasteiger partial charge in [0.25, 0.3) is 10.1 Å². The van der Waals surface area contributed by atoms with Crippen LogP contribution in [0.2, 0.25) is 0 Å². The van der Waals surface area contributed by atoms with Crippen molar-refractivity contribution in [3.8, 4) is 5.75 Å². The van der Waals surface area contributed by atoms with Crippen LogP contribution in [0.4, 0.5) is 0 Å². The molecule has 0 fully saturated rings. The second-order valence-corrected chi connectivity index (χ2v) is 3.49. The van der Waals surface area contributed by atoms with E-state index < -0.39 is 10.1 Å². The summed E-state index contributed by atoms with van der Waals surface area (Å²) < 4.78 is 29.7. The van der Waals surface area contributed by atoms with E-state index in [9.17, 15) is 8.42 Å². The maximum absolute atomic E-state index is 10.6. The number of benzene rings is 1. The highest BCUT2D eigenvalue weighted by molar-refractivity contribution is 7.85. The average molecular weight is 189 g/mol. The molecule has 6 heteroatoms. The zero-order valence-electron chi connectivity index (χ0n) is 5.97. The summed E-state index contributed by atoms with van der Waals surface area (Å²) in [6, 6.07) is 5.23. The molecule has 5 nitrogen and oxygen atoms in total. The molecule has 1 aromatic carbocycles. The van der Waals surface area contributed by atoms with Crippen LogP contribution in [0.5, 0.6) is 5.75 Å². The Labute approximate surface area is 69.5 Å².